The summed E-state index contributed by atoms with van der Waals surface area (Å²) in [6, 6.07) is 1.50. The molecule has 0 fully saturated rings. The molecule has 0 saturated carbocycles. The van der Waals surface area contributed by atoms with E-state index in [-0.39, 0.29) is 11.5 Å². The highest BCUT2D eigenvalue weighted by Crippen LogP contribution is 2.61. The van der Waals surface area contributed by atoms with Gasteiger partial charge in [0.25, 0.3) is 0 Å². The molecule has 0 aliphatic rings. The summed E-state index contributed by atoms with van der Waals surface area (Å²) in [4.78, 5) is 43.7. The van der Waals surface area contributed by atoms with Gasteiger partial charge in [-0.1, -0.05) is 0 Å². The normalized spacial score (nSPS) is 19.5. The van der Waals surface area contributed by atoms with Gasteiger partial charge >= 0.3 is 24.2 Å². The minimum Gasteiger partial charge on any atom is -0.385 e. The molecule has 2 rings (SSSR count). The van der Waals surface area contributed by atoms with Crippen LogP contribution in [0.2, 0.25) is 0 Å². The smallest absolute Gasteiger partial charge is 0.385 e. The third kappa shape index (κ3) is 6.70. The van der Waals surface area contributed by atoms with Crippen LogP contribution in [0.3, 0.4) is 0 Å². The van der Waals surface area contributed by atoms with Crippen LogP contribution < -0.4 is 5.73 Å². The molecule has 0 spiro atoms. The summed E-state index contributed by atoms with van der Waals surface area (Å²) in [5.41, 5.74) is 3.85. The van der Waals surface area contributed by atoms with Crippen LogP contribution >= 0.6 is 24.2 Å². The Morgan fingerprint density at radius 2 is 1.94 bits per heavy atom. The number of hydrogen-bond acceptors (Lipinski definition) is 12. The fraction of sp³-hybridized carbons (Fsp3) is 0.500. The van der Waals surface area contributed by atoms with Crippen molar-refractivity contribution in [3.05, 3.63) is 18.6 Å². The lowest BCUT2D eigenvalue weighted by atomic mass is 10.0. The lowest BCUT2D eigenvalue weighted by Gasteiger charge is -2.35. The molecular formula is C12H21N4O12P3. The van der Waals surface area contributed by atoms with Gasteiger partial charge in [0.15, 0.2) is 5.72 Å². The molecule has 0 bridgehead atoms. The van der Waals surface area contributed by atoms with Gasteiger partial charge < -0.3 is 44.8 Å². The average Bonchev–Trinajstić information content (AvgIpc) is 3.06. The Hall–Kier alpha value is -1.09. The van der Waals surface area contributed by atoms with E-state index in [0.29, 0.717) is 5.39 Å². The maximum atomic E-state index is 11.8. The quantitative estimate of drug-likeness (QED) is 0.190. The summed E-state index contributed by atoms with van der Waals surface area (Å²) in [6.07, 6.45) is -0.667. The molecular weight excluding hydrogens is 485 g/mol. The molecule has 0 amide bonds. The molecule has 176 valence electrons. The number of hydrogen-bond donors (Lipinski definition) is 7. The van der Waals surface area contributed by atoms with Gasteiger partial charge in [-0.05, 0) is 13.0 Å². The SMILES string of the molecule is COC(COP(=O)(O)OP(O)OP(=O)(O)O)C(O)C(C)(O)n1ccc2c(N)ncnc21. The standard InChI is InChI=1S/C12H21N4O12P3/c1-12(18,16-4-3-7-10(13)14-6-15-11(7)16)9(17)8(25-2)5-26-31(23,24)28-29(19)27-30(20,21)22/h3-4,6,8-9,17-19H,5H2,1-2H3,(H,23,24)(H2,13,14,15)(H2,20,21,22). The average molecular weight is 506 g/mol. The van der Waals surface area contributed by atoms with Crippen molar-refractivity contribution in [2.24, 2.45) is 0 Å². The Balaban J connectivity index is 2.13. The van der Waals surface area contributed by atoms with Gasteiger partial charge in [-0.15, -0.1) is 0 Å². The van der Waals surface area contributed by atoms with E-state index in [1.807, 2.05) is 0 Å². The first kappa shape index (κ1) is 26.2. The second kappa shape index (κ2) is 9.81. The lowest BCUT2D eigenvalue weighted by Crippen LogP contribution is -2.50. The summed E-state index contributed by atoms with van der Waals surface area (Å²) in [5.74, 6) is 0.136. The zero-order valence-electron chi connectivity index (χ0n) is 16.0. The number of anilines is 1. The monoisotopic (exact) mass is 506 g/mol. The van der Waals surface area contributed by atoms with Gasteiger partial charge in [0, 0.05) is 13.3 Å². The highest BCUT2D eigenvalue weighted by Gasteiger charge is 2.41. The van der Waals surface area contributed by atoms with Crippen LogP contribution in [0.1, 0.15) is 6.92 Å². The molecule has 0 aliphatic carbocycles. The summed E-state index contributed by atoms with van der Waals surface area (Å²) in [6.45, 7) is 0.355. The number of nitrogen functional groups attached to an aromatic ring is 1. The Morgan fingerprint density at radius 1 is 1.29 bits per heavy atom. The molecule has 0 radical (unpaired) electrons. The summed E-state index contributed by atoms with van der Waals surface area (Å²) >= 11 is 0. The number of phosphoric acid groups is 2. The summed E-state index contributed by atoms with van der Waals surface area (Å²) in [7, 11) is -12.7. The van der Waals surface area contributed by atoms with E-state index in [1.165, 1.54) is 23.8 Å². The number of methoxy groups -OCH3 is 1. The lowest BCUT2D eigenvalue weighted by molar-refractivity contribution is -0.173. The minimum absolute atomic E-state index is 0.136. The molecule has 0 aliphatic heterocycles. The molecule has 0 aromatic carbocycles. The summed E-state index contributed by atoms with van der Waals surface area (Å²) < 4.78 is 41.0. The molecule has 2 heterocycles. The topological polar surface area (TPSA) is 249 Å². The first-order valence-electron chi connectivity index (χ1n) is 8.10. The number of phosphoric ester groups is 1. The van der Waals surface area contributed by atoms with Crippen molar-refractivity contribution in [1.29, 1.82) is 0 Å². The third-order valence-electron chi connectivity index (χ3n) is 3.97. The van der Waals surface area contributed by atoms with E-state index >= 15 is 0 Å². The number of nitrogens with zero attached hydrogens (tertiary/aromatic N) is 3. The van der Waals surface area contributed by atoms with Crippen molar-refractivity contribution >= 4 is 41.1 Å². The maximum Gasteiger partial charge on any atom is 0.479 e. The molecule has 2 aromatic heterocycles. The van der Waals surface area contributed by atoms with E-state index in [4.69, 9.17) is 20.3 Å². The highest BCUT2D eigenvalue weighted by atomic mass is 31.3. The van der Waals surface area contributed by atoms with Gasteiger partial charge in [0.05, 0.1) is 12.0 Å². The predicted octanol–water partition coefficient (Wildman–Crippen LogP) is -0.484. The van der Waals surface area contributed by atoms with Crippen molar-refractivity contribution < 1.29 is 56.8 Å². The minimum atomic E-state index is -5.20. The van der Waals surface area contributed by atoms with Gasteiger partial charge in [0.2, 0.25) is 0 Å². The molecule has 2 aromatic rings. The largest absolute Gasteiger partial charge is 0.479 e. The third-order valence-corrected chi connectivity index (χ3v) is 7.24. The van der Waals surface area contributed by atoms with Gasteiger partial charge in [-0.2, -0.15) is 0 Å². The first-order valence-corrected chi connectivity index (χ1v) is 12.3. The Labute approximate surface area is 176 Å². The van der Waals surface area contributed by atoms with Crippen LogP contribution in [0.5, 0.6) is 0 Å². The number of aliphatic hydroxyl groups excluding tert-OH is 1. The number of aliphatic hydroxyl groups is 2. The van der Waals surface area contributed by atoms with E-state index in [9.17, 15) is 29.1 Å². The predicted molar refractivity (Wildman–Crippen MR) is 104 cm³/mol. The second-order valence-corrected chi connectivity index (χ2v) is 10.1. The van der Waals surface area contributed by atoms with E-state index in [0.717, 1.165) is 13.4 Å². The fourth-order valence-corrected chi connectivity index (χ4v) is 4.85. The van der Waals surface area contributed by atoms with Gasteiger partial charge in [-0.3, -0.25) is 4.52 Å². The fourth-order valence-electron chi connectivity index (χ4n) is 2.50. The van der Waals surface area contributed by atoms with Crippen molar-refractivity contribution in [2.45, 2.75) is 24.9 Å². The molecule has 0 saturated heterocycles. The Morgan fingerprint density at radius 3 is 2.52 bits per heavy atom. The number of nitrogens with two attached hydrogens (primary N) is 1. The molecule has 16 nitrogen and oxygen atoms in total. The number of ether oxygens (including phenoxy) is 1. The van der Waals surface area contributed by atoms with Crippen LogP contribution in [0.25, 0.3) is 11.0 Å². The second-order valence-electron chi connectivity index (χ2n) is 6.15. The van der Waals surface area contributed by atoms with Crippen LogP contribution in [0, 0.1) is 0 Å². The Bertz CT molecular complexity index is 996. The molecule has 31 heavy (non-hydrogen) atoms. The molecule has 19 heteroatoms. The molecule has 5 unspecified atom stereocenters. The van der Waals surface area contributed by atoms with Crippen molar-refractivity contribution in [3.8, 4) is 0 Å². The Kier molecular flexibility index (Phi) is 8.28. The van der Waals surface area contributed by atoms with Crippen LogP contribution in [-0.4, -0.2) is 70.2 Å². The summed E-state index contributed by atoms with van der Waals surface area (Å²) in [5, 5.41) is 21.9. The number of rotatable bonds is 11. The van der Waals surface area contributed by atoms with Gasteiger partial charge in [-0.25, -0.2) is 27.7 Å². The van der Waals surface area contributed by atoms with Crippen LogP contribution in [0.15, 0.2) is 18.6 Å². The zero-order chi connectivity index (χ0) is 23.6. The van der Waals surface area contributed by atoms with E-state index in [1.54, 1.807) is 0 Å². The van der Waals surface area contributed by atoms with Crippen molar-refractivity contribution in [3.63, 3.8) is 0 Å². The van der Waals surface area contributed by atoms with Crippen molar-refractivity contribution in [2.75, 3.05) is 19.5 Å². The van der Waals surface area contributed by atoms with E-state index < -0.39 is 48.8 Å². The van der Waals surface area contributed by atoms with E-state index in [2.05, 4.69) is 23.1 Å². The van der Waals surface area contributed by atoms with Gasteiger partial charge in [0.1, 0.15) is 30.0 Å². The number of aromatic nitrogens is 3. The number of fused-ring (bicyclic) bond motifs is 1. The van der Waals surface area contributed by atoms with Crippen LogP contribution in [-0.2, 0) is 32.7 Å². The first-order chi connectivity index (χ1) is 14.2. The molecule has 8 N–H and O–H groups in total. The molecule has 5 atom stereocenters. The van der Waals surface area contributed by atoms with Crippen LogP contribution in [0.4, 0.5) is 5.82 Å². The highest BCUT2D eigenvalue weighted by molar-refractivity contribution is 7.63. The maximum absolute atomic E-state index is 11.8. The zero-order valence-corrected chi connectivity index (χ0v) is 18.7. The van der Waals surface area contributed by atoms with Crippen molar-refractivity contribution in [1.82, 2.24) is 14.5 Å².